The standard InChI is InChI=1S/C13H16N2OS/c1-3-16-8-15-13-11(7-14)10-5-4-9(2)6-12(10)17-13/h8-9H,3-6H2,1-2H3/t9-/m1/s1. The monoisotopic (exact) mass is 248 g/mol. The Morgan fingerprint density at radius 3 is 3.18 bits per heavy atom. The zero-order valence-corrected chi connectivity index (χ0v) is 11.0. The number of nitrogens with zero attached hydrogens (tertiary/aromatic N) is 2. The van der Waals surface area contributed by atoms with E-state index in [-0.39, 0.29) is 0 Å². The molecule has 1 heterocycles. The van der Waals surface area contributed by atoms with Gasteiger partial charge >= 0.3 is 0 Å². The van der Waals surface area contributed by atoms with Crippen LogP contribution in [0.1, 0.15) is 36.3 Å². The quantitative estimate of drug-likeness (QED) is 0.607. The predicted molar refractivity (Wildman–Crippen MR) is 70.0 cm³/mol. The molecule has 0 saturated heterocycles. The van der Waals surface area contributed by atoms with Gasteiger partial charge in [-0.05, 0) is 37.7 Å². The smallest absolute Gasteiger partial charge is 0.175 e. The van der Waals surface area contributed by atoms with Crippen LogP contribution in [0.25, 0.3) is 0 Å². The zero-order chi connectivity index (χ0) is 12.3. The van der Waals surface area contributed by atoms with Crippen molar-refractivity contribution in [3.8, 4) is 6.07 Å². The lowest BCUT2D eigenvalue weighted by Crippen LogP contribution is -2.09. The summed E-state index contributed by atoms with van der Waals surface area (Å²) in [4.78, 5) is 5.58. The van der Waals surface area contributed by atoms with Crippen molar-refractivity contribution in [2.75, 3.05) is 6.61 Å². The zero-order valence-electron chi connectivity index (χ0n) is 10.2. The summed E-state index contributed by atoms with van der Waals surface area (Å²) in [6.45, 7) is 4.78. The number of ether oxygens (including phenoxy) is 1. The number of fused-ring (bicyclic) bond motifs is 1. The van der Waals surface area contributed by atoms with Gasteiger partial charge < -0.3 is 4.74 Å². The second kappa shape index (κ2) is 5.33. The van der Waals surface area contributed by atoms with E-state index in [0.717, 1.165) is 29.3 Å². The summed E-state index contributed by atoms with van der Waals surface area (Å²) < 4.78 is 5.10. The molecule has 3 nitrogen and oxygen atoms in total. The van der Waals surface area contributed by atoms with Gasteiger partial charge in [-0.2, -0.15) is 5.26 Å². The van der Waals surface area contributed by atoms with E-state index in [9.17, 15) is 5.26 Å². The van der Waals surface area contributed by atoms with E-state index >= 15 is 0 Å². The van der Waals surface area contributed by atoms with Crippen LogP contribution in [0.4, 0.5) is 5.00 Å². The summed E-state index contributed by atoms with van der Waals surface area (Å²) in [6.07, 6.45) is 4.72. The minimum atomic E-state index is 0.605. The van der Waals surface area contributed by atoms with Crippen molar-refractivity contribution in [1.82, 2.24) is 0 Å². The van der Waals surface area contributed by atoms with Gasteiger partial charge in [-0.3, -0.25) is 0 Å². The van der Waals surface area contributed by atoms with Crippen LogP contribution in [-0.4, -0.2) is 13.0 Å². The van der Waals surface area contributed by atoms with Crippen LogP contribution in [0, 0.1) is 17.2 Å². The summed E-state index contributed by atoms with van der Waals surface area (Å²) in [5, 5.41) is 10.0. The summed E-state index contributed by atoms with van der Waals surface area (Å²) in [5.41, 5.74) is 1.98. The molecule has 4 heteroatoms. The molecule has 0 fully saturated rings. The fourth-order valence-corrected chi connectivity index (χ4v) is 3.40. The van der Waals surface area contributed by atoms with Gasteiger partial charge in [0.25, 0.3) is 0 Å². The SMILES string of the molecule is CCOC=Nc1sc2c(c1C#N)CC[C@@H](C)C2. The fourth-order valence-electron chi connectivity index (χ4n) is 2.10. The largest absolute Gasteiger partial charge is 0.483 e. The average molecular weight is 248 g/mol. The predicted octanol–water partition coefficient (Wildman–Crippen LogP) is 3.44. The molecule has 0 aliphatic heterocycles. The Bertz CT molecular complexity index is 470. The first-order chi connectivity index (χ1) is 8.26. The van der Waals surface area contributed by atoms with Crippen molar-refractivity contribution >= 4 is 22.7 Å². The van der Waals surface area contributed by atoms with E-state index < -0.39 is 0 Å². The maximum atomic E-state index is 9.23. The second-order valence-electron chi connectivity index (χ2n) is 4.33. The minimum absolute atomic E-state index is 0.605. The third kappa shape index (κ3) is 2.50. The van der Waals surface area contributed by atoms with Crippen LogP contribution in [0.2, 0.25) is 0 Å². The highest BCUT2D eigenvalue weighted by atomic mass is 32.1. The number of thiophene rings is 1. The van der Waals surface area contributed by atoms with Gasteiger partial charge in [0.1, 0.15) is 11.1 Å². The third-order valence-corrected chi connectivity index (χ3v) is 4.18. The Morgan fingerprint density at radius 2 is 2.47 bits per heavy atom. The van der Waals surface area contributed by atoms with E-state index in [1.807, 2.05) is 6.92 Å². The number of hydrogen-bond donors (Lipinski definition) is 0. The molecule has 1 aromatic heterocycles. The minimum Gasteiger partial charge on any atom is -0.483 e. The first-order valence-corrected chi connectivity index (χ1v) is 6.76. The highest BCUT2D eigenvalue weighted by molar-refractivity contribution is 7.16. The van der Waals surface area contributed by atoms with Crippen LogP contribution < -0.4 is 0 Å². The second-order valence-corrected chi connectivity index (χ2v) is 5.42. The van der Waals surface area contributed by atoms with Crippen LogP contribution in [-0.2, 0) is 17.6 Å². The van der Waals surface area contributed by atoms with Crippen LogP contribution in [0.3, 0.4) is 0 Å². The lowest BCUT2D eigenvalue weighted by atomic mass is 9.89. The number of rotatable bonds is 3. The molecule has 0 radical (unpaired) electrons. The van der Waals surface area contributed by atoms with Gasteiger partial charge in [-0.1, -0.05) is 6.92 Å². The molecule has 1 aromatic rings. The van der Waals surface area contributed by atoms with Gasteiger partial charge in [0.05, 0.1) is 12.2 Å². The molecule has 1 atom stereocenters. The molecule has 17 heavy (non-hydrogen) atoms. The Hall–Kier alpha value is -1.34. The molecular weight excluding hydrogens is 232 g/mol. The topological polar surface area (TPSA) is 45.4 Å². The van der Waals surface area contributed by atoms with Crippen molar-refractivity contribution < 1.29 is 4.74 Å². The normalized spacial score (nSPS) is 19.0. The number of hydrogen-bond acceptors (Lipinski definition) is 4. The fraction of sp³-hybridized carbons (Fsp3) is 0.538. The van der Waals surface area contributed by atoms with Crippen molar-refractivity contribution in [3.05, 3.63) is 16.0 Å². The number of nitriles is 1. The molecule has 0 saturated carbocycles. The molecule has 1 aliphatic rings. The molecule has 1 aliphatic carbocycles. The van der Waals surface area contributed by atoms with Crippen LogP contribution in [0.15, 0.2) is 4.99 Å². The van der Waals surface area contributed by atoms with Crippen molar-refractivity contribution in [2.24, 2.45) is 10.9 Å². The number of aliphatic imine (C=N–C) groups is 1. The van der Waals surface area contributed by atoms with Gasteiger partial charge in [-0.15, -0.1) is 11.3 Å². The molecule has 0 N–H and O–H groups in total. The van der Waals surface area contributed by atoms with Crippen molar-refractivity contribution in [2.45, 2.75) is 33.1 Å². The average Bonchev–Trinajstić information content (AvgIpc) is 2.66. The molecule has 0 aromatic carbocycles. The van der Waals surface area contributed by atoms with Gasteiger partial charge in [0.2, 0.25) is 0 Å². The molecule has 0 unspecified atom stereocenters. The van der Waals surface area contributed by atoms with Crippen molar-refractivity contribution in [1.29, 1.82) is 5.26 Å². The maximum Gasteiger partial charge on any atom is 0.175 e. The molecule has 90 valence electrons. The van der Waals surface area contributed by atoms with Gasteiger partial charge in [-0.25, -0.2) is 4.99 Å². The molecule has 2 rings (SSSR count). The summed E-state index contributed by atoms with van der Waals surface area (Å²) in [5.74, 6) is 0.719. The summed E-state index contributed by atoms with van der Waals surface area (Å²) in [7, 11) is 0. The Kier molecular flexibility index (Phi) is 3.80. The lowest BCUT2D eigenvalue weighted by molar-refractivity contribution is 0.344. The van der Waals surface area contributed by atoms with E-state index in [1.54, 1.807) is 11.3 Å². The summed E-state index contributed by atoms with van der Waals surface area (Å²) >= 11 is 1.64. The van der Waals surface area contributed by atoms with E-state index in [0.29, 0.717) is 6.61 Å². The van der Waals surface area contributed by atoms with Crippen LogP contribution >= 0.6 is 11.3 Å². The van der Waals surface area contributed by atoms with Gasteiger partial charge in [0.15, 0.2) is 6.40 Å². The molecule has 0 amide bonds. The van der Waals surface area contributed by atoms with Crippen LogP contribution in [0.5, 0.6) is 0 Å². The third-order valence-electron chi connectivity index (χ3n) is 3.02. The highest BCUT2D eigenvalue weighted by Gasteiger charge is 2.23. The first kappa shape index (κ1) is 12.1. The van der Waals surface area contributed by atoms with Crippen molar-refractivity contribution in [3.63, 3.8) is 0 Å². The lowest BCUT2D eigenvalue weighted by Gasteiger charge is -2.17. The Labute approximate surface area is 106 Å². The maximum absolute atomic E-state index is 9.23. The summed E-state index contributed by atoms with van der Waals surface area (Å²) in [6, 6.07) is 2.29. The van der Waals surface area contributed by atoms with E-state index in [1.165, 1.54) is 23.3 Å². The Balaban J connectivity index is 2.31. The Morgan fingerprint density at radius 1 is 1.65 bits per heavy atom. The molecule has 0 spiro atoms. The van der Waals surface area contributed by atoms with Gasteiger partial charge in [0, 0.05) is 4.88 Å². The molecule has 0 bridgehead atoms. The molecular formula is C13H16N2OS. The van der Waals surface area contributed by atoms with E-state index in [4.69, 9.17) is 4.74 Å². The first-order valence-electron chi connectivity index (χ1n) is 5.95. The highest BCUT2D eigenvalue weighted by Crippen LogP contribution is 2.40. The van der Waals surface area contributed by atoms with E-state index in [2.05, 4.69) is 18.0 Å².